The Labute approximate surface area is 159 Å². The van der Waals surface area contributed by atoms with Crippen LogP contribution < -0.4 is 5.32 Å². The summed E-state index contributed by atoms with van der Waals surface area (Å²) in [5, 5.41) is 7.56. The number of hydrogen-bond donors (Lipinski definition) is 1. The number of benzene rings is 2. The number of nitrogens with one attached hydrogen (secondary N) is 1. The summed E-state index contributed by atoms with van der Waals surface area (Å²) in [7, 11) is 0. The van der Waals surface area contributed by atoms with Gasteiger partial charge in [-0.15, -0.1) is 0 Å². The lowest BCUT2D eigenvalue weighted by molar-refractivity contribution is 0.0931. The molecule has 5 nitrogen and oxygen atoms in total. The van der Waals surface area contributed by atoms with Gasteiger partial charge in [-0.3, -0.25) is 9.69 Å². The van der Waals surface area contributed by atoms with Crippen LogP contribution in [0.5, 0.6) is 0 Å². The Morgan fingerprint density at radius 2 is 1.78 bits per heavy atom. The highest BCUT2D eigenvalue weighted by Crippen LogP contribution is 2.24. The highest BCUT2D eigenvalue weighted by molar-refractivity contribution is 5.92. The van der Waals surface area contributed by atoms with E-state index in [1.807, 2.05) is 42.6 Å². The molecule has 2 heterocycles. The Bertz CT molecular complexity index is 891. The largest absolute Gasteiger partial charge is 0.347 e. The maximum atomic E-state index is 12.6. The lowest BCUT2D eigenvalue weighted by Crippen LogP contribution is -2.37. The summed E-state index contributed by atoms with van der Waals surface area (Å²) in [4.78, 5) is 15.0. The molecule has 1 aliphatic rings. The van der Waals surface area contributed by atoms with Crippen molar-refractivity contribution in [2.24, 2.45) is 0 Å². The van der Waals surface area contributed by atoms with Crippen LogP contribution in [-0.4, -0.2) is 39.7 Å². The average molecular weight is 360 g/mol. The van der Waals surface area contributed by atoms with Gasteiger partial charge in [-0.1, -0.05) is 48.5 Å². The first-order valence-electron chi connectivity index (χ1n) is 9.41. The van der Waals surface area contributed by atoms with E-state index >= 15 is 0 Å². The quantitative estimate of drug-likeness (QED) is 0.758. The van der Waals surface area contributed by atoms with E-state index in [4.69, 9.17) is 0 Å². The van der Waals surface area contributed by atoms with Gasteiger partial charge < -0.3 is 5.32 Å². The second-order valence-electron chi connectivity index (χ2n) is 7.02. The van der Waals surface area contributed by atoms with Gasteiger partial charge in [0.25, 0.3) is 5.91 Å². The number of aromatic nitrogens is 2. The van der Waals surface area contributed by atoms with E-state index in [-0.39, 0.29) is 11.9 Å². The molecule has 1 saturated heterocycles. The fraction of sp³-hybridized carbons (Fsp3) is 0.273. The highest BCUT2D eigenvalue weighted by Gasteiger charge is 2.28. The van der Waals surface area contributed by atoms with Gasteiger partial charge >= 0.3 is 0 Å². The first-order chi connectivity index (χ1) is 13.2. The summed E-state index contributed by atoms with van der Waals surface area (Å²) in [5.74, 6) is -0.108. The van der Waals surface area contributed by atoms with Crippen molar-refractivity contribution in [1.29, 1.82) is 0 Å². The monoisotopic (exact) mass is 360 g/mol. The molecule has 1 aromatic heterocycles. The van der Waals surface area contributed by atoms with Crippen molar-refractivity contribution in [1.82, 2.24) is 20.0 Å². The molecule has 0 bridgehead atoms. The third-order valence-electron chi connectivity index (χ3n) is 5.23. The lowest BCUT2D eigenvalue weighted by atomic mass is 10.1. The lowest BCUT2D eigenvalue weighted by Gasteiger charge is -2.24. The van der Waals surface area contributed by atoms with Crippen LogP contribution in [0.4, 0.5) is 0 Å². The molecule has 1 amide bonds. The van der Waals surface area contributed by atoms with Gasteiger partial charge in [-0.2, -0.15) is 5.10 Å². The van der Waals surface area contributed by atoms with Crippen LogP contribution in [0, 0.1) is 0 Å². The smallest absolute Gasteiger partial charge is 0.272 e. The topological polar surface area (TPSA) is 50.2 Å². The minimum absolute atomic E-state index is 0.108. The number of rotatable bonds is 5. The molecule has 1 aliphatic heterocycles. The number of likely N-dealkylation sites (tertiary alicyclic amines) is 1. The molecular formula is C22H24N4O. The van der Waals surface area contributed by atoms with Crippen molar-refractivity contribution in [3.8, 4) is 5.69 Å². The minimum Gasteiger partial charge on any atom is -0.347 e. The summed E-state index contributed by atoms with van der Waals surface area (Å²) < 4.78 is 1.73. The number of amides is 1. The molecule has 4 rings (SSSR count). The standard InChI is InChI=1S/C22H24N4O/c1-17(18-8-4-2-5-9-18)25-14-12-19(16-25)23-22(27)21-13-15-26(24-21)20-10-6-3-7-11-20/h2-11,13,15,17,19H,12,14,16H2,1H3,(H,23,27). The predicted molar refractivity (Wildman–Crippen MR) is 106 cm³/mol. The Hall–Kier alpha value is -2.92. The Kier molecular flexibility index (Phi) is 5.03. The Morgan fingerprint density at radius 3 is 2.52 bits per heavy atom. The van der Waals surface area contributed by atoms with Gasteiger partial charge in [0, 0.05) is 31.4 Å². The van der Waals surface area contributed by atoms with Gasteiger partial charge in [0.1, 0.15) is 0 Å². The molecule has 138 valence electrons. The zero-order chi connectivity index (χ0) is 18.6. The van der Waals surface area contributed by atoms with Crippen molar-refractivity contribution in [2.75, 3.05) is 13.1 Å². The van der Waals surface area contributed by atoms with Crippen LogP contribution in [0.15, 0.2) is 72.9 Å². The third-order valence-corrected chi connectivity index (χ3v) is 5.23. The number of hydrogen-bond acceptors (Lipinski definition) is 3. The molecule has 1 fully saturated rings. The average Bonchev–Trinajstić information content (AvgIpc) is 3.39. The molecule has 0 radical (unpaired) electrons. The minimum atomic E-state index is -0.108. The van der Waals surface area contributed by atoms with Gasteiger partial charge in [0.15, 0.2) is 5.69 Å². The first kappa shape index (κ1) is 17.5. The maximum absolute atomic E-state index is 12.6. The molecule has 1 N–H and O–H groups in total. The second-order valence-corrected chi connectivity index (χ2v) is 7.02. The van der Waals surface area contributed by atoms with E-state index in [2.05, 4.69) is 46.5 Å². The molecule has 2 atom stereocenters. The molecule has 2 unspecified atom stereocenters. The van der Waals surface area contributed by atoms with Gasteiger partial charge in [-0.25, -0.2) is 4.68 Å². The van der Waals surface area contributed by atoms with E-state index in [0.717, 1.165) is 25.2 Å². The fourth-order valence-corrected chi connectivity index (χ4v) is 3.63. The van der Waals surface area contributed by atoms with E-state index in [1.54, 1.807) is 10.7 Å². The van der Waals surface area contributed by atoms with Gasteiger partial charge in [-0.05, 0) is 37.1 Å². The van der Waals surface area contributed by atoms with Crippen molar-refractivity contribution in [3.63, 3.8) is 0 Å². The zero-order valence-electron chi connectivity index (χ0n) is 15.5. The normalized spacial score (nSPS) is 18.3. The third kappa shape index (κ3) is 3.93. The fourth-order valence-electron chi connectivity index (χ4n) is 3.63. The number of nitrogens with zero attached hydrogens (tertiary/aromatic N) is 3. The molecule has 0 saturated carbocycles. The van der Waals surface area contributed by atoms with Crippen molar-refractivity contribution in [3.05, 3.63) is 84.2 Å². The molecular weight excluding hydrogens is 336 g/mol. The molecule has 0 spiro atoms. The predicted octanol–water partition coefficient (Wildman–Crippen LogP) is 3.44. The van der Waals surface area contributed by atoms with E-state index in [0.29, 0.717) is 11.7 Å². The Morgan fingerprint density at radius 1 is 1.07 bits per heavy atom. The van der Waals surface area contributed by atoms with Crippen LogP contribution in [0.3, 0.4) is 0 Å². The molecule has 27 heavy (non-hydrogen) atoms. The van der Waals surface area contributed by atoms with Crippen molar-refractivity contribution in [2.45, 2.75) is 25.4 Å². The summed E-state index contributed by atoms with van der Waals surface area (Å²) in [5.41, 5.74) is 2.71. The number of para-hydroxylation sites is 1. The Balaban J connectivity index is 1.36. The summed E-state index contributed by atoms with van der Waals surface area (Å²) in [6.07, 6.45) is 2.78. The number of carbonyl (C=O) groups is 1. The van der Waals surface area contributed by atoms with E-state index in [1.165, 1.54) is 5.56 Å². The molecule has 0 aliphatic carbocycles. The zero-order valence-corrected chi connectivity index (χ0v) is 15.5. The van der Waals surface area contributed by atoms with E-state index < -0.39 is 0 Å². The van der Waals surface area contributed by atoms with Gasteiger partial charge in [0.05, 0.1) is 5.69 Å². The maximum Gasteiger partial charge on any atom is 0.272 e. The molecule has 2 aromatic carbocycles. The van der Waals surface area contributed by atoms with Crippen LogP contribution in [0.2, 0.25) is 0 Å². The van der Waals surface area contributed by atoms with Crippen molar-refractivity contribution >= 4 is 5.91 Å². The van der Waals surface area contributed by atoms with Crippen LogP contribution in [-0.2, 0) is 0 Å². The van der Waals surface area contributed by atoms with Crippen LogP contribution in [0.25, 0.3) is 5.69 Å². The SMILES string of the molecule is CC(c1ccccc1)N1CCC(NC(=O)c2ccn(-c3ccccc3)n2)C1. The van der Waals surface area contributed by atoms with Gasteiger partial charge in [0.2, 0.25) is 0 Å². The van der Waals surface area contributed by atoms with Crippen LogP contribution in [0.1, 0.15) is 35.4 Å². The summed E-state index contributed by atoms with van der Waals surface area (Å²) >= 11 is 0. The molecule has 5 heteroatoms. The summed E-state index contributed by atoms with van der Waals surface area (Å²) in [6.45, 7) is 4.07. The number of carbonyl (C=O) groups excluding carboxylic acids is 1. The summed E-state index contributed by atoms with van der Waals surface area (Å²) in [6, 6.07) is 22.6. The van der Waals surface area contributed by atoms with Crippen LogP contribution >= 0.6 is 0 Å². The molecule has 3 aromatic rings. The highest BCUT2D eigenvalue weighted by atomic mass is 16.2. The van der Waals surface area contributed by atoms with Crippen molar-refractivity contribution < 1.29 is 4.79 Å². The second kappa shape index (κ2) is 7.76. The first-order valence-corrected chi connectivity index (χ1v) is 9.41. The van der Waals surface area contributed by atoms with E-state index in [9.17, 15) is 4.79 Å².